The molecule has 0 aliphatic carbocycles. The van der Waals surface area contributed by atoms with Crippen LogP contribution in [0.5, 0.6) is 0 Å². The van der Waals surface area contributed by atoms with Gasteiger partial charge in [-0.1, -0.05) is 18.2 Å². The Morgan fingerprint density at radius 1 is 1.47 bits per heavy atom. The van der Waals surface area contributed by atoms with Gasteiger partial charge in [-0.25, -0.2) is 0 Å². The molecule has 1 atom stereocenters. The van der Waals surface area contributed by atoms with E-state index >= 15 is 0 Å². The zero-order valence-corrected chi connectivity index (χ0v) is 12.0. The first-order valence-electron chi connectivity index (χ1n) is 6.52. The number of nitrogens with one attached hydrogen (secondary N) is 2. The molecule has 4 nitrogen and oxygen atoms in total. The van der Waals surface area contributed by atoms with Crippen molar-refractivity contribution >= 4 is 17.7 Å². The van der Waals surface area contributed by atoms with Gasteiger partial charge in [0.2, 0.25) is 5.91 Å². The zero-order chi connectivity index (χ0) is 13.5. The average Bonchev–Trinajstić information content (AvgIpc) is 2.44. The van der Waals surface area contributed by atoms with Crippen molar-refractivity contribution in [2.45, 2.75) is 17.4 Å². The number of thioether (sulfide) groups is 1. The van der Waals surface area contributed by atoms with Gasteiger partial charge >= 0.3 is 0 Å². The third-order valence-corrected chi connectivity index (χ3v) is 4.18. The van der Waals surface area contributed by atoms with Gasteiger partial charge in [-0.05, 0) is 18.1 Å². The fraction of sp³-hybridized carbons (Fsp3) is 0.500. The molecule has 1 heterocycles. The van der Waals surface area contributed by atoms with Crippen LogP contribution in [0.25, 0.3) is 0 Å². The van der Waals surface area contributed by atoms with Crippen molar-refractivity contribution in [2.24, 2.45) is 0 Å². The molecule has 2 N–H and O–H groups in total. The molecule has 1 amide bonds. The fourth-order valence-corrected chi connectivity index (χ4v) is 3.24. The van der Waals surface area contributed by atoms with E-state index in [1.54, 1.807) is 7.11 Å². The van der Waals surface area contributed by atoms with Crippen molar-refractivity contribution < 1.29 is 9.53 Å². The predicted octanol–water partition coefficient (Wildman–Crippen LogP) is 1.58. The van der Waals surface area contributed by atoms with Crippen molar-refractivity contribution in [2.75, 3.05) is 32.6 Å². The van der Waals surface area contributed by atoms with Crippen molar-refractivity contribution in [1.29, 1.82) is 0 Å². The fourth-order valence-electron chi connectivity index (χ4n) is 2.11. The monoisotopic (exact) mass is 280 g/mol. The number of rotatable bonds is 6. The first-order valence-corrected chi connectivity index (χ1v) is 7.50. The van der Waals surface area contributed by atoms with E-state index < -0.39 is 0 Å². The first kappa shape index (κ1) is 14.4. The number of hydrogen-bond acceptors (Lipinski definition) is 4. The molecule has 0 bridgehead atoms. The third kappa shape index (κ3) is 4.23. The van der Waals surface area contributed by atoms with E-state index in [2.05, 4.69) is 22.8 Å². The number of methoxy groups -OCH3 is 1. The normalized spacial score (nSPS) is 17.8. The molecule has 1 aliphatic heterocycles. The molecule has 0 fully saturated rings. The molecular weight excluding hydrogens is 260 g/mol. The molecule has 1 unspecified atom stereocenters. The quantitative estimate of drug-likeness (QED) is 0.777. The summed E-state index contributed by atoms with van der Waals surface area (Å²) in [4.78, 5) is 13.1. The number of benzene rings is 1. The van der Waals surface area contributed by atoms with Crippen molar-refractivity contribution in [3.05, 3.63) is 29.8 Å². The highest BCUT2D eigenvalue weighted by atomic mass is 32.2. The molecule has 104 valence electrons. The number of ether oxygens (including phenoxy) is 1. The summed E-state index contributed by atoms with van der Waals surface area (Å²) in [7, 11) is 1.65. The van der Waals surface area contributed by atoms with Crippen LogP contribution >= 0.6 is 11.8 Å². The molecule has 1 aromatic carbocycles. The van der Waals surface area contributed by atoms with Gasteiger partial charge in [0.05, 0.1) is 19.2 Å². The summed E-state index contributed by atoms with van der Waals surface area (Å²) in [6.45, 7) is 1.66. The Kier molecular flexibility index (Phi) is 5.69. The highest BCUT2D eigenvalue weighted by Crippen LogP contribution is 2.35. The minimum Gasteiger partial charge on any atom is -0.383 e. The van der Waals surface area contributed by atoms with Crippen molar-refractivity contribution in [1.82, 2.24) is 10.6 Å². The highest BCUT2D eigenvalue weighted by Gasteiger charge is 2.21. The van der Waals surface area contributed by atoms with Crippen LogP contribution in [0.2, 0.25) is 0 Å². The van der Waals surface area contributed by atoms with E-state index in [-0.39, 0.29) is 11.9 Å². The smallest absolute Gasteiger partial charge is 0.234 e. The Morgan fingerprint density at radius 2 is 2.32 bits per heavy atom. The minimum absolute atomic E-state index is 0.0443. The molecule has 1 aromatic rings. The van der Waals surface area contributed by atoms with E-state index in [4.69, 9.17) is 4.74 Å². The molecule has 1 aliphatic rings. The number of carbonyl (C=O) groups excluding carboxylic acids is 1. The lowest BCUT2D eigenvalue weighted by Gasteiger charge is -2.25. The second kappa shape index (κ2) is 7.53. The number of amides is 1. The zero-order valence-electron chi connectivity index (χ0n) is 11.1. The van der Waals surface area contributed by atoms with E-state index in [1.165, 1.54) is 10.5 Å². The Labute approximate surface area is 118 Å². The maximum Gasteiger partial charge on any atom is 0.234 e. The lowest BCUT2D eigenvalue weighted by molar-refractivity contribution is -0.121. The van der Waals surface area contributed by atoms with Crippen LogP contribution in [0.1, 0.15) is 18.0 Å². The summed E-state index contributed by atoms with van der Waals surface area (Å²) in [5.74, 6) is 1.10. The second-order valence-electron chi connectivity index (χ2n) is 4.46. The predicted molar refractivity (Wildman–Crippen MR) is 77.4 cm³/mol. The molecule has 5 heteroatoms. The van der Waals surface area contributed by atoms with Crippen molar-refractivity contribution in [3.63, 3.8) is 0 Å². The average molecular weight is 280 g/mol. The van der Waals surface area contributed by atoms with Gasteiger partial charge < -0.3 is 15.4 Å². The Hall–Kier alpha value is -1.04. The van der Waals surface area contributed by atoms with Gasteiger partial charge in [0.15, 0.2) is 0 Å². The summed E-state index contributed by atoms with van der Waals surface area (Å²) in [6, 6.07) is 8.44. The van der Waals surface area contributed by atoms with Crippen LogP contribution in [0.3, 0.4) is 0 Å². The molecule has 0 radical (unpaired) electrons. The summed E-state index contributed by atoms with van der Waals surface area (Å²) in [6.07, 6.45) is 0.992. The maximum atomic E-state index is 11.9. The molecule has 2 rings (SSSR count). The van der Waals surface area contributed by atoms with Gasteiger partial charge in [0.1, 0.15) is 0 Å². The van der Waals surface area contributed by atoms with Crippen molar-refractivity contribution in [3.8, 4) is 0 Å². The molecule has 0 saturated carbocycles. The van der Waals surface area contributed by atoms with E-state index in [0.29, 0.717) is 19.7 Å². The van der Waals surface area contributed by atoms with E-state index in [9.17, 15) is 4.79 Å². The minimum atomic E-state index is 0.0443. The van der Waals surface area contributed by atoms with Crippen LogP contribution in [0.4, 0.5) is 0 Å². The van der Waals surface area contributed by atoms with Gasteiger partial charge in [-0.15, -0.1) is 11.8 Å². The van der Waals surface area contributed by atoms with E-state index in [0.717, 1.165) is 12.2 Å². The highest BCUT2D eigenvalue weighted by molar-refractivity contribution is 7.99. The van der Waals surface area contributed by atoms with Crippen LogP contribution < -0.4 is 10.6 Å². The SMILES string of the molecule is COCCNCC(=O)NC1CCSc2ccccc21. The molecule has 0 aromatic heterocycles. The Bertz CT molecular complexity index is 426. The van der Waals surface area contributed by atoms with Crippen LogP contribution in [0, 0.1) is 0 Å². The lowest BCUT2D eigenvalue weighted by atomic mass is 10.0. The molecular formula is C14H20N2O2S. The van der Waals surface area contributed by atoms with Gasteiger partial charge in [0, 0.05) is 24.3 Å². The summed E-state index contributed by atoms with van der Waals surface area (Å²) < 4.78 is 4.92. The molecule has 0 spiro atoms. The topological polar surface area (TPSA) is 50.4 Å². The van der Waals surface area contributed by atoms with Crippen LogP contribution in [-0.2, 0) is 9.53 Å². The van der Waals surface area contributed by atoms with Gasteiger partial charge in [0.25, 0.3) is 0 Å². The largest absolute Gasteiger partial charge is 0.383 e. The third-order valence-electron chi connectivity index (χ3n) is 3.06. The summed E-state index contributed by atoms with van der Waals surface area (Å²) in [5.41, 5.74) is 1.24. The first-order chi connectivity index (χ1) is 9.31. The second-order valence-corrected chi connectivity index (χ2v) is 5.60. The number of fused-ring (bicyclic) bond motifs is 1. The van der Waals surface area contributed by atoms with Crippen LogP contribution in [-0.4, -0.2) is 38.5 Å². The van der Waals surface area contributed by atoms with E-state index in [1.807, 2.05) is 23.9 Å². The van der Waals surface area contributed by atoms with Gasteiger partial charge in [-0.2, -0.15) is 0 Å². The molecule has 0 saturated heterocycles. The molecule has 19 heavy (non-hydrogen) atoms. The lowest BCUT2D eigenvalue weighted by Crippen LogP contribution is -2.38. The summed E-state index contributed by atoms with van der Waals surface area (Å²) >= 11 is 1.86. The Morgan fingerprint density at radius 3 is 3.16 bits per heavy atom. The number of hydrogen-bond donors (Lipinski definition) is 2. The van der Waals surface area contributed by atoms with Crippen LogP contribution in [0.15, 0.2) is 29.2 Å². The maximum absolute atomic E-state index is 11.9. The Balaban J connectivity index is 1.85. The van der Waals surface area contributed by atoms with Gasteiger partial charge in [-0.3, -0.25) is 4.79 Å². The summed E-state index contributed by atoms with van der Waals surface area (Å²) in [5, 5.41) is 6.15. The number of carbonyl (C=O) groups is 1. The standard InChI is InChI=1S/C14H20N2O2S/c1-18-8-7-15-10-14(17)16-12-6-9-19-13-5-3-2-4-11(12)13/h2-5,12,15H,6-10H2,1H3,(H,16,17).